The van der Waals surface area contributed by atoms with Crippen LogP contribution in [0.3, 0.4) is 0 Å². The summed E-state index contributed by atoms with van der Waals surface area (Å²) in [5.74, 6) is 0.532. The summed E-state index contributed by atoms with van der Waals surface area (Å²) in [5.41, 5.74) is 7.49. The van der Waals surface area contributed by atoms with Crippen LogP contribution in [0.4, 0.5) is 10.2 Å². The molecule has 2 heterocycles. The minimum Gasteiger partial charge on any atom is -0.367 e. The smallest absolute Gasteiger partial charge is 0.130 e. The van der Waals surface area contributed by atoms with Gasteiger partial charge in [-0.05, 0) is 31.4 Å². The Balaban J connectivity index is 1.73. The summed E-state index contributed by atoms with van der Waals surface area (Å²) in [6.45, 7) is 0. The molecule has 0 bridgehead atoms. The van der Waals surface area contributed by atoms with Crippen molar-refractivity contribution in [2.24, 2.45) is 5.73 Å². The van der Waals surface area contributed by atoms with Crippen LogP contribution in [0.5, 0.6) is 0 Å². The molecule has 2 atom stereocenters. The quantitative estimate of drug-likeness (QED) is 0.758. The molecule has 3 N–H and O–H groups in total. The highest BCUT2D eigenvalue weighted by atomic mass is 19.1. The average Bonchev–Trinajstić information content (AvgIpc) is 3.01. The van der Waals surface area contributed by atoms with Gasteiger partial charge in [0.2, 0.25) is 0 Å². The van der Waals surface area contributed by atoms with Crippen molar-refractivity contribution in [2.45, 2.75) is 31.3 Å². The monoisotopic (exact) mass is 285 g/mol. The van der Waals surface area contributed by atoms with Crippen molar-refractivity contribution in [3.05, 3.63) is 36.4 Å². The van der Waals surface area contributed by atoms with Gasteiger partial charge in [-0.2, -0.15) is 5.10 Å². The molecule has 0 amide bonds. The molecule has 2 aromatic heterocycles. The molecule has 0 spiro atoms. The number of rotatable bonds is 2. The van der Waals surface area contributed by atoms with Gasteiger partial charge in [-0.3, -0.25) is 0 Å². The second kappa shape index (κ2) is 4.66. The van der Waals surface area contributed by atoms with Crippen molar-refractivity contribution < 1.29 is 4.39 Å². The van der Waals surface area contributed by atoms with Gasteiger partial charge in [0.15, 0.2) is 0 Å². The summed E-state index contributed by atoms with van der Waals surface area (Å²) < 4.78 is 14.9. The van der Waals surface area contributed by atoms with E-state index in [2.05, 4.69) is 15.4 Å². The van der Waals surface area contributed by atoms with Crippen molar-refractivity contribution in [1.29, 1.82) is 0 Å². The molecule has 108 valence electrons. The van der Waals surface area contributed by atoms with E-state index in [-0.39, 0.29) is 11.9 Å². The summed E-state index contributed by atoms with van der Waals surface area (Å²) in [7, 11) is 0. The second-order valence-electron chi connectivity index (χ2n) is 5.68. The normalized spacial score (nSPS) is 22.2. The summed E-state index contributed by atoms with van der Waals surface area (Å²) in [6, 6.07) is 7.25. The lowest BCUT2D eigenvalue weighted by Crippen LogP contribution is -2.21. The number of anilines is 1. The third-order valence-corrected chi connectivity index (χ3v) is 4.10. The standard InChI is InChI=1S/C15H16FN5/c16-9-1-4-12-13(5-9)20-21-8-18-15(7-14(12)21)19-11-3-2-10(17)6-11/h1,4-5,7-8,10-11,19H,2-3,6,17H2/t10-,11?/m1/s1. The number of halogens is 1. The number of aromatic nitrogens is 3. The number of nitrogens with zero attached hydrogens (tertiary/aromatic N) is 3. The minimum absolute atomic E-state index is 0.280. The van der Waals surface area contributed by atoms with Crippen molar-refractivity contribution in [3.8, 4) is 0 Å². The molecule has 0 radical (unpaired) electrons. The van der Waals surface area contributed by atoms with E-state index in [4.69, 9.17) is 5.73 Å². The van der Waals surface area contributed by atoms with Gasteiger partial charge in [-0.25, -0.2) is 13.9 Å². The third-order valence-electron chi connectivity index (χ3n) is 4.10. The Morgan fingerprint density at radius 1 is 1.29 bits per heavy atom. The van der Waals surface area contributed by atoms with E-state index in [1.807, 2.05) is 6.07 Å². The van der Waals surface area contributed by atoms with Gasteiger partial charge >= 0.3 is 0 Å². The summed E-state index contributed by atoms with van der Waals surface area (Å²) in [4.78, 5) is 4.37. The van der Waals surface area contributed by atoms with Crippen molar-refractivity contribution in [1.82, 2.24) is 14.6 Å². The molecule has 4 rings (SSSR count). The number of fused-ring (bicyclic) bond motifs is 3. The third kappa shape index (κ3) is 2.21. The first-order chi connectivity index (χ1) is 10.2. The molecule has 0 saturated heterocycles. The maximum absolute atomic E-state index is 13.3. The Hall–Kier alpha value is -2.21. The maximum atomic E-state index is 13.3. The van der Waals surface area contributed by atoms with Crippen LogP contribution in [-0.2, 0) is 0 Å². The van der Waals surface area contributed by atoms with Crippen LogP contribution in [0, 0.1) is 5.82 Å². The lowest BCUT2D eigenvalue weighted by Gasteiger charge is -2.12. The molecular formula is C15H16FN5. The highest BCUT2D eigenvalue weighted by molar-refractivity contribution is 5.94. The lowest BCUT2D eigenvalue weighted by molar-refractivity contribution is 0.629. The fourth-order valence-electron chi connectivity index (χ4n) is 3.05. The number of nitrogens with two attached hydrogens (primary N) is 1. The van der Waals surface area contributed by atoms with Crippen LogP contribution in [0.1, 0.15) is 19.3 Å². The molecular weight excluding hydrogens is 269 g/mol. The topological polar surface area (TPSA) is 68.2 Å². The molecule has 1 unspecified atom stereocenters. The Bertz CT molecular complexity index is 812. The van der Waals surface area contributed by atoms with Crippen LogP contribution in [0.2, 0.25) is 0 Å². The number of nitrogens with one attached hydrogen (secondary N) is 1. The fraction of sp³-hybridized carbons (Fsp3) is 0.333. The first kappa shape index (κ1) is 12.5. The zero-order valence-electron chi connectivity index (χ0n) is 11.5. The molecule has 1 aromatic carbocycles. The Morgan fingerprint density at radius 2 is 2.19 bits per heavy atom. The maximum Gasteiger partial charge on any atom is 0.130 e. The molecule has 21 heavy (non-hydrogen) atoms. The highest BCUT2D eigenvalue weighted by Gasteiger charge is 2.21. The van der Waals surface area contributed by atoms with E-state index < -0.39 is 0 Å². The molecule has 3 aromatic rings. The Labute approximate surface area is 121 Å². The van der Waals surface area contributed by atoms with Gasteiger partial charge in [-0.1, -0.05) is 0 Å². The molecule has 1 fully saturated rings. The van der Waals surface area contributed by atoms with Gasteiger partial charge in [0.05, 0.1) is 11.0 Å². The zero-order chi connectivity index (χ0) is 14.4. The van der Waals surface area contributed by atoms with Gasteiger partial charge in [0.25, 0.3) is 0 Å². The number of benzene rings is 1. The largest absolute Gasteiger partial charge is 0.367 e. The van der Waals surface area contributed by atoms with Gasteiger partial charge < -0.3 is 11.1 Å². The average molecular weight is 285 g/mol. The first-order valence-corrected chi connectivity index (χ1v) is 7.15. The fourth-order valence-corrected chi connectivity index (χ4v) is 3.05. The molecule has 0 aliphatic heterocycles. The summed E-state index contributed by atoms with van der Waals surface area (Å²) in [5, 5.41) is 8.67. The van der Waals surface area contributed by atoms with Gasteiger partial charge in [-0.15, -0.1) is 0 Å². The lowest BCUT2D eigenvalue weighted by atomic mass is 10.2. The summed E-state index contributed by atoms with van der Waals surface area (Å²) in [6.07, 6.45) is 4.75. The Kier molecular flexibility index (Phi) is 2.78. The predicted octanol–water partition coefficient (Wildman–Crippen LogP) is 2.31. The molecule has 1 aliphatic rings. The second-order valence-corrected chi connectivity index (χ2v) is 5.68. The number of hydrogen-bond acceptors (Lipinski definition) is 4. The van der Waals surface area contributed by atoms with E-state index >= 15 is 0 Å². The highest BCUT2D eigenvalue weighted by Crippen LogP contribution is 2.24. The SMILES string of the molecule is N[C@@H]1CCC(Nc2cc3c4ccc(F)cc4nn3cn2)C1. The van der Waals surface area contributed by atoms with Crippen LogP contribution < -0.4 is 11.1 Å². The first-order valence-electron chi connectivity index (χ1n) is 7.15. The van der Waals surface area contributed by atoms with Crippen LogP contribution in [0.15, 0.2) is 30.6 Å². The van der Waals surface area contributed by atoms with E-state index in [1.165, 1.54) is 12.1 Å². The van der Waals surface area contributed by atoms with E-state index in [0.717, 1.165) is 36.0 Å². The van der Waals surface area contributed by atoms with E-state index in [1.54, 1.807) is 16.9 Å². The van der Waals surface area contributed by atoms with Crippen LogP contribution >= 0.6 is 0 Å². The van der Waals surface area contributed by atoms with Crippen molar-refractivity contribution in [2.75, 3.05) is 5.32 Å². The zero-order valence-corrected chi connectivity index (χ0v) is 11.5. The van der Waals surface area contributed by atoms with Crippen LogP contribution in [0.25, 0.3) is 16.4 Å². The van der Waals surface area contributed by atoms with Crippen LogP contribution in [-0.4, -0.2) is 26.7 Å². The van der Waals surface area contributed by atoms with E-state index in [9.17, 15) is 4.39 Å². The van der Waals surface area contributed by atoms with Gasteiger partial charge in [0, 0.05) is 29.6 Å². The van der Waals surface area contributed by atoms with Crippen molar-refractivity contribution >= 4 is 22.2 Å². The molecule has 5 nitrogen and oxygen atoms in total. The molecule has 6 heteroatoms. The predicted molar refractivity (Wildman–Crippen MR) is 79.7 cm³/mol. The molecule has 1 saturated carbocycles. The summed E-state index contributed by atoms with van der Waals surface area (Å²) >= 11 is 0. The Morgan fingerprint density at radius 3 is 3.00 bits per heavy atom. The van der Waals surface area contributed by atoms with Gasteiger partial charge in [0.1, 0.15) is 18.0 Å². The number of hydrogen-bond donors (Lipinski definition) is 2. The van der Waals surface area contributed by atoms with E-state index in [0.29, 0.717) is 11.6 Å². The minimum atomic E-state index is -0.280. The molecule has 1 aliphatic carbocycles. The van der Waals surface area contributed by atoms with Crippen molar-refractivity contribution in [3.63, 3.8) is 0 Å².